The van der Waals surface area contributed by atoms with Crippen LogP contribution in [0, 0.1) is 6.92 Å². The summed E-state index contributed by atoms with van der Waals surface area (Å²) in [7, 11) is 3.04. The molecule has 0 aliphatic carbocycles. The standard InChI is InChI=1S/C25H20BrNO5/c1-14-19-12-17(27-25(29)15-4-6-16(26)7-5-15)8-10-22(19)32-24(14)23(28)20-13-18(30-2)9-11-21(20)31-3/h4-13H,1-3H3,(H,27,29). The molecule has 0 fully saturated rings. The highest BCUT2D eigenvalue weighted by atomic mass is 79.9. The second-order valence-electron chi connectivity index (χ2n) is 7.12. The number of carbonyl (C=O) groups excluding carboxylic acids is 2. The highest BCUT2D eigenvalue weighted by molar-refractivity contribution is 9.10. The molecule has 3 aromatic carbocycles. The Hall–Kier alpha value is -3.58. The summed E-state index contributed by atoms with van der Waals surface area (Å²) in [5.41, 5.74) is 2.72. The molecular formula is C25H20BrNO5. The summed E-state index contributed by atoms with van der Waals surface area (Å²) in [6, 6.07) is 17.4. The summed E-state index contributed by atoms with van der Waals surface area (Å²) in [5.74, 6) is 0.646. The predicted molar refractivity (Wildman–Crippen MR) is 126 cm³/mol. The molecule has 32 heavy (non-hydrogen) atoms. The maximum absolute atomic E-state index is 13.3. The number of hydrogen-bond acceptors (Lipinski definition) is 5. The molecule has 7 heteroatoms. The average molecular weight is 494 g/mol. The Balaban J connectivity index is 1.67. The number of amides is 1. The van der Waals surface area contributed by atoms with Crippen LogP contribution in [0.5, 0.6) is 11.5 Å². The molecule has 4 aromatic rings. The number of furan rings is 1. The first-order valence-electron chi connectivity index (χ1n) is 9.78. The lowest BCUT2D eigenvalue weighted by atomic mass is 10.0. The van der Waals surface area contributed by atoms with Crippen LogP contribution in [0.15, 0.2) is 69.6 Å². The van der Waals surface area contributed by atoms with E-state index in [0.29, 0.717) is 39.5 Å². The van der Waals surface area contributed by atoms with Gasteiger partial charge in [0.1, 0.15) is 17.1 Å². The van der Waals surface area contributed by atoms with E-state index in [1.165, 1.54) is 14.2 Å². The Morgan fingerprint density at radius 2 is 1.69 bits per heavy atom. The summed E-state index contributed by atoms with van der Waals surface area (Å²) in [6.45, 7) is 1.81. The van der Waals surface area contributed by atoms with Crippen LogP contribution in [-0.4, -0.2) is 25.9 Å². The fraction of sp³-hybridized carbons (Fsp3) is 0.120. The highest BCUT2D eigenvalue weighted by Gasteiger charge is 2.23. The van der Waals surface area contributed by atoms with Crippen molar-refractivity contribution in [2.75, 3.05) is 19.5 Å². The molecular weight excluding hydrogens is 474 g/mol. The van der Waals surface area contributed by atoms with Gasteiger partial charge in [-0.25, -0.2) is 0 Å². The van der Waals surface area contributed by atoms with Gasteiger partial charge in [-0.15, -0.1) is 0 Å². The van der Waals surface area contributed by atoms with Crippen molar-refractivity contribution in [1.82, 2.24) is 0 Å². The summed E-state index contributed by atoms with van der Waals surface area (Å²) < 4.78 is 17.4. The normalized spacial score (nSPS) is 10.8. The summed E-state index contributed by atoms with van der Waals surface area (Å²) in [5, 5.41) is 3.62. The van der Waals surface area contributed by atoms with Gasteiger partial charge in [-0.05, 0) is 67.6 Å². The molecule has 0 spiro atoms. The minimum absolute atomic E-state index is 0.211. The molecule has 1 amide bonds. The van der Waals surface area contributed by atoms with Crippen LogP contribution < -0.4 is 14.8 Å². The lowest BCUT2D eigenvalue weighted by Gasteiger charge is -2.09. The third-order valence-electron chi connectivity index (χ3n) is 5.16. The number of hydrogen-bond donors (Lipinski definition) is 1. The average Bonchev–Trinajstić information content (AvgIpc) is 3.14. The number of halogens is 1. The number of rotatable bonds is 6. The SMILES string of the molecule is COc1ccc(OC)c(C(=O)c2oc3ccc(NC(=O)c4ccc(Br)cc4)cc3c2C)c1. The molecule has 1 heterocycles. The van der Waals surface area contributed by atoms with Crippen molar-refractivity contribution in [3.05, 3.63) is 87.6 Å². The number of carbonyl (C=O) groups is 2. The van der Waals surface area contributed by atoms with E-state index in [4.69, 9.17) is 13.9 Å². The van der Waals surface area contributed by atoms with Gasteiger partial charge >= 0.3 is 0 Å². The molecule has 0 saturated heterocycles. The van der Waals surface area contributed by atoms with Crippen LogP contribution in [0.4, 0.5) is 5.69 Å². The molecule has 1 aromatic heterocycles. The van der Waals surface area contributed by atoms with Crippen LogP contribution in [0.25, 0.3) is 11.0 Å². The highest BCUT2D eigenvalue weighted by Crippen LogP contribution is 2.32. The van der Waals surface area contributed by atoms with Crippen molar-refractivity contribution < 1.29 is 23.5 Å². The maximum Gasteiger partial charge on any atom is 0.255 e. The number of ether oxygens (including phenoxy) is 2. The van der Waals surface area contributed by atoms with Gasteiger partial charge < -0.3 is 19.2 Å². The third kappa shape index (κ3) is 4.11. The zero-order chi connectivity index (χ0) is 22.8. The van der Waals surface area contributed by atoms with Crippen molar-refractivity contribution in [1.29, 1.82) is 0 Å². The minimum atomic E-state index is -0.310. The first-order chi connectivity index (χ1) is 15.4. The maximum atomic E-state index is 13.3. The van der Waals surface area contributed by atoms with Gasteiger partial charge in [0, 0.05) is 26.7 Å². The van der Waals surface area contributed by atoms with Crippen LogP contribution in [-0.2, 0) is 0 Å². The van der Waals surface area contributed by atoms with Crippen molar-refractivity contribution in [2.45, 2.75) is 6.92 Å². The van der Waals surface area contributed by atoms with E-state index >= 15 is 0 Å². The monoisotopic (exact) mass is 493 g/mol. The lowest BCUT2D eigenvalue weighted by Crippen LogP contribution is -2.11. The van der Waals surface area contributed by atoms with Gasteiger partial charge in [-0.3, -0.25) is 9.59 Å². The van der Waals surface area contributed by atoms with Crippen molar-refractivity contribution >= 4 is 44.3 Å². The van der Waals surface area contributed by atoms with Gasteiger partial charge in [-0.1, -0.05) is 15.9 Å². The number of fused-ring (bicyclic) bond motifs is 1. The number of ketones is 1. The first-order valence-corrected chi connectivity index (χ1v) is 10.6. The Bertz CT molecular complexity index is 1320. The van der Waals surface area contributed by atoms with E-state index in [0.717, 1.165) is 9.86 Å². The molecule has 0 bridgehead atoms. The number of benzene rings is 3. The molecule has 162 valence electrons. The summed E-state index contributed by atoms with van der Waals surface area (Å²) in [6.07, 6.45) is 0. The minimum Gasteiger partial charge on any atom is -0.497 e. The number of aryl methyl sites for hydroxylation is 1. The largest absolute Gasteiger partial charge is 0.497 e. The predicted octanol–water partition coefficient (Wildman–Crippen LogP) is 6.00. The Labute approximate surface area is 193 Å². The molecule has 0 radical (unpaired) electrons. The third-order valence-corrected chi connectivity index (χ3v) is 5.69. The van der Waals surface area contributed by atoms with Gasteiger partial charge in [0.05, 0.1) is 19.8 Å². The van der Waals surface area contributed by atoms with E-state index in [-0.39, 0.29) is 17.5 Å². The van der Waals surface area contributed by atoms with E-state index in [1.807, 2.05) is 19.1 Å². The van der Waals surface area contributed by atoms with Gasteiger partial charge in [0.15, 0.2) is 5.76 Å². The first kappa shape index (κ1) is 21.6. The molecule has 6 nitrogen and oxygen atoms in total. The molecule has 4 rings (SSSR count). The van der Waals surface area contributed by atoms with Crippen LogP contribution >= 0.6 is 15.9 Å². The quantitative estimate of drug-likeness (QED) is 0.333. The molecule has 0 aliphatic rings. The fourth-order valence-electron chi connectivity index (χ4n) is 3.43. The number of nitrogens with one attached hydrogen (secondary N) is 1. The topological polar surface area (TPSA) is 77.8 Å². The molecule has 0 atom stereocenters. The van der Waals surface area contributed by atoms with Crippen LogP contribution in [0.3, 0.4) is 0 Å². The van der Waals surface area contributed by atoms with Gasteiger partial charge in [0.2, 0.25) is 5.78 Å². The molecule has 0 saturated carbocycles. The Kier molecular flexibility index (Phi) is 6.01. The second kappa shape index (κ2) is 8.88. The van der Waals surface area contributed by atoms with E-state index < -0.39 is 0 Å². The zero-order valence-electron chi connectivity index (χ0n) is 17.7. The fourth-order valence-corrected chi connectivity index (χ4v) is 3.70. The van der Waals surface area contributed by atoms with E-state index in [2.05, 4.69) is 21.2 Å². The van der Waals surface area contributed by atoms with E-state index in [1.54, 1.807) is 48.5 Å². The Morgan fingerprint density at radius 3 is 2.38 bits per heavy atom. The van der Waals surface area contributed by atoms with E-state index in [9.17, 15) is 9.59 Å². The van der Waals surface area contributed by atoms with Crippen LogP contribution in [0.2, 0.25) is 0 Å². The van der Waals surface area contributed by atoms with Crippen LogP contribution in [0.1, 0.15) is 32.0 Å². The second-order valence-corrected chi connectivity index (χ2v) is 8.04. The molecule has 0 aliphatic heterocycles. The van der Waals surface area contributed by atoms with Crippen molar-refractivity contribution in [3.8, 4) is 11.5 Å². The molecule has 0 unspecified atom stereocenters. The number of methoxy groups -OCH3 is 2. The van der Waals surface area contributed by atoms with Crippen molar-refractivity contribution in [2.24, 2.45) is 0 Å². The smallest absolute Gasteiger partial charge is 0.255 e. The number of anilines is 1. The lowest BCUT2D eigenvalue weighted by molar-refractivity contribution is 0.100. The molecule has 1 N–H and O–H groups in total. The van der Waals surface area contributed by atoms with Crippen molar-refractivity contribution in [3.63, 3.8) is 0 Å². The van der Waals surface area contributed by atoms with Gasteiger partial charge in [0.25, 0.3) is 5.91 Å². The summed E-state index contributed by atoms with van der Waals surface area (Å²) in [4.78, 5) is 25.8. The zero-order valence-corrected chi connectivity index (χ0v) is 19.3. The summed E-state index contributed by atoms with van der Waals surface area (Å²) >= 11 is 3.36. The van der Waals surface area contributed by atoms with Gasteiger partial charge in [-0.2, -0.15) is 0 Å². The Morgan fingerprint density at radius 1 is 0.938 bits per heavy atom.